The SMILES string of the molecule is C=C[I-]C1CCN(C(=O)OC(C)(C)C)C1. The van der Waals surface area contributed by atoms with Crippen LogP contribution in [0, 0.1) is 0 Å². The molecule has 3 nitrogen and oxygen atoms in total. The van der Waals surface area contributed by atoms with E-state index in [9.17, 15) is 4.79 Å². The van der Waals surface area contributed by atoms with Crippen LogP contribution in [0.15, 0.2) is 10.7 Å². The molecule has 0 spiro atoms. The first-order valence-corrected chi connectivity index (χ1v) is 7.62. The molecule has 1 aliphatic rings. The first-order valence-electron chi connectivity index (χ1n) is 5.13. The molecule has 0 saturated carbocycles. The van der Waals surface area contributed by atoms with E-state index in [2.05, 4.69) is 6.58 Å². The van der Waals surface area contributed by atoms with Crippen LogP contribution in [0.25, 0.3) is 0 Å². The van der Waals surface area contributed by atoms with Crippen molar-refractivity contribution < 1.29 is 30.7 Å². The van der Waals surface area contributed by atoms with Gasteiger partial charge in [0.2, 0.25) is 0 Å². The van der Waals surface area contributed by atoms with Crippen molar-refractivity contribution in [2.45, 2.75) is 36.7 Å². The molecule has 0 radical (unpaired) electrons. The van der Waals surface area contributed by atoms with Gasteiger partial charge in [0, 0.05) is 0 Å². The van der Waals surface area contributed by atoms with Crippen LogP contribution in [0.3, 0.4) is 0 Å². The van der Waals surface area contributed by atoms with Gasteiger partial charge in [-0.3, -0.25) is 0 Å². The van der Waals surface area contributed by atoms with Gasteiger partial charge in [0.05, 0.1) is 0 Å². The van der Waals surface area contributed by atoms with E-state index < -0.39 is 0 Å². The maximum atomic E-state index is 11.7. The van der Waals surface area contributed by atoms with Gasteiger partial charge in [-0.25, -0.2) is 0 Å². The van der Waals surface area contributed by atoms with Gasteiger partial charge in [-0.2, -0.15) is 0 Å². The van der Waals surface area contributed by atoms with Crippen LogP contribution in [0.2, 0.25) is 0 Å². The molecule has 1 saturated heterocycles. The van der Waals surface area contributed by atoms with Crippen molar-refractivity contribution in [1.82, 2.24) is 4.90 Å². The van der Waals surface area contributed by atoms with Gasteiger partial charge in [0.25, 0.3) is 0 Å². The normalized spacial score (nSPS) is 21.8. The zero-order valence-corrected chi connectivity index (χ0v) is 11.8. The second kappa shape index (κ2) is 5.18. The summed E-state index contributed by atoms with van der Waals surface area (Å²) in [6.07, 6.45) is 0.941. The summed E-state index contributed by atoms with van der Waals surface area (Å²) in [4.78, 5) is 13.5. The summed E-state index contributed by atoms with van der Waals surface area (Å²) in [6.45, 7) is 11.2. The number of hydrogen-bond donors (Lipinski definition) is 0. The zero-order valence-electron chi connectivity index (χ0n) is 9.62. The maximum absolute atomic E-state index is 11.7. The van der Waals surface area contributed by atoms with Crippen LogP contribution < -0.4 is 21.2 Å². The monoisotopic (exact) mass is 324 g/mol. The molecular formula is C11H19INO2-. The first kappa shape index (κ1) is 12.8. The molecular weight excluding hydrogens is 305 g/mol. The third kappa shape index (κ3) is 4.40. The van der Waals surface area contributed by atoms with Gasteiger partial charge >= 0.3 is 102 Å². The zero-order chi connectivity index (χ0) is 11.5. The third-order valence-corrected chi connectivity index (χ3v) is 4.59. The summed E-state index contributed by atoms with van der Waals surface area (Å²) < 4.78 is 8.03. The fourth-order valence-electron chi connectivity index (χ4n) is 1.44. The van der Waals surface area contributed by atoms with Gasteiger partial charge in [-0.05, 0) is 0 Å². The fraction of sp³-hybridized carbons (Fsp3) is 0.727. The van der Waals surface area contributed by atoms with Gasteiger partial charge in [0.1, 0.15) is 0 Å². The summed E-state index contributed by atoms with van der Waals surface area (Å²) in [7, 11) is 0. The van der Waals surface area contributed by atoms with Crippen molar-refractivity contribution >= 4 is 6.09 Å². The van der Waals surface area contributed by atoms with E-state index in [0.717, 1.165) is 19.5 Å². The van der Waals surface area contributed by atoms with E-state index in [1.165, 1.54) is 0 Å². The van der Waals surface area contributed by atoms with Gasteiger partial charge in [0.15, 0.2) is 0 Å². The van der Waals surface area contributed by atoms with Gasteiger partial charge in [-0.15, -0.1) is 0 Å². The number of halogens is 1. The Balaban J connectivity index is 2.40. The summed E-state index contributed by atoms with van der Waals surface area (Å²) in [5.41, 5.74) is -0.386. The molecule has 0 aliphatic carbocycles. The van der Waals surface area contributed by atoms with E-state index in [4.69, 9.17) is 4.74 Å². The van der Waals surface area contributed by atoms with Crippen LogP contribution in [-0.2, 0) is 4.74 Å². The topological polar surface area (TPSA) is 29.5 Å². The van der Waals surface area contributed by atoms with Crippen LogP contribution in [0.1, 0.15) is 27.2 Å². The molecule has 1 amide bonds. The van der Waals surface area contributed by atoms with E-state index >= 15 is 0 Å². The van der Waals surface area contributed by atoms with Crippen molar-refractivity contribution in [3.8, 4) is 0 Å². The Morgan fingerprint density at radius 2 is 2.27 bits per heavy atom. The van der Waals surface area contributed by atoms with E-state index in [1.807, 2.05) is 29.8 Å². The molecule has 0 N–H and O–H groups in total. The molecule has 1 heterocycles. The molecule has 0 bridgehead atoms. The second-order valence-corrected chi connectivity index (χ2v) is 7.95. The van der Waals surface area contributed by atoms with Crippen molar-refractivity contribution in [2.24, 2.45) is 0 Å². The molecule has 1 fully saturated rings. The summed E-state index contributed by atoms with van der Waals surface area (Å²) >= 11 is 0.0521. The minimum atomic E-state index is -0.386. The quantitative estimate of drug-likeness (QED) is 0.493. The van der Waals surface area contributed by atoms with Crippen LogP contribution in [0.5, 0.6) is 0 Å². The number of likely N-dealkylation sites (tertiary alicyclic amines) is 1. The number of nitrogens with zero attached hydrogens (tertiary/aromatic N) is 1. The van der Waals surface area contributed by atoms with Gasteiger partial charge in [-0.1, -0.05) is 0 Å². The molecule has 1 aliphatic heterocycles. The molecule has 15 heavy (non-hydrogen) atoms. The van der Waals surface area contributed by atoms with Crippen molar-refractivity contribution in [3.05, 3.63) is 10.7 Å². The number of amides is 1. The number of alkyl halides is 1. The molecule has 0 aromatic rings. The Kier molecular flexibility index (Phi) is 4.43. The minimum absolute atomic E-state index is 0.0521. The number of ether oxygens (including phenoxy) is 1. The molecule has 1 atom stereocenters. The molecule has 0 aromatic carbocycles. The van der Waals surface area contributed by atoms with E-state index in [-0.39, 0.29) is 32.9 Å². The molecule has 1 unspecified atom stereocenters. The first-order chi connectivity index (χ1) is 6.92. The summed E-state index contributed by atoms with van der Waals surface area (Å²) in [5.74, 6) is 0. The summed E-state index contributed by atoms with van der Waals surface area (Å²) in [6, 6.07) is 0. The van der Waals surface area contributed by atoms with Gasteiger partial charge < -0.3 is 0 Å². The molecule has 0 aromatic heterocycles. The Morgan fingerprint density at radius 3 is 2.80 bits per heavy atom. The molecule has 1 rings (SSSR count). The summed E-state index contributed by atoms with van der Waals surface area (Å²) in [5, 5.41) is 0. The average molecular weight is 324 g/mol. The van der Waals surface area contributed by atoms with Crippen LogP contribution in [-0.4, -0.2) is 33.6 Å². The number of carbonyl (C=O) groups is 1. The fourth-order valence-corrected chi connectivity index (χ4v) is 3.50. The Labute approximate surface area is 102 Å². The van der Waals surface area contributed by atoms with Crippen molar-refractivity contribution in [3.63, 3.8) is 0 Å². The third-order valence-electron chi connectivity index (χ3n) is 2.05. The van der Waals surface area contributed by atoms with Crippen LogP contribution >= 0.6 is 0 Å². The number of carbonyl (C=O) groups excluding carboxylic acids is 1. The second-order valence-electron chi connectivity index (χ2n) is 4.59. The Bertz CT molecular complexity index is 247. The van der Waals surface area contributed by atoms with Crippen molar-refractivity contribution in [2.75, 3.05) is 13.1 Å². The number of rotatable bonds is 2. The van der Waals surface area contributed by atoms with Crippen molar-refractivity contribution in [1.29, 1.82) is 0 Å². The number of hydrogen-bond acceptors (Lipinski definition) is 2. The molecule has 88 valence electrons. The average Bonchev–Trinajstić information content (AvgIpc) is 2.50. The van der Waals surface area contributed by atoms with E-state index in [0.29, 0.717) is 3.92 Å². The predicted octanol–water partition coefficient (Wildman–Crippen LogP) is -0.772. The standard InChI is InChI=1S/C11H19INO2/c1-5-12-9-6-7-13(8-9)10(14)15-11(2,3)4/h5,9H,1,6-8H2,2-4H3/q-1. The molecule has 4 heteroatoms. The van der Waals surface area contributed by atoms with Crippen LogP contribution in [0.4, 0.5) is 4.79 Å². The Morgan fingerprint density at radius 1 is 1.60 bits per heavy atom. The predicted molar refractivity (Wildman–Crippen MR) is 56.4 cm³/mol. The van der Waals surface area contributed by atoms with E-state index in [1.54, 1.807) is 0 Å². The Hall–Kier alpha value is -0.260.